The molecule has 0 aromatic carbocycles. The standard InChI is InChI=1S/C10H16N2/c1-10(2,11-3)9-7-5-4-6-8-12-9/h5-8,11H,4H2,1-3H3. The van der Waals surface area contributed by atoms with Crippen LogP contribution in [0.25, 0.3) is 0 Å². The molecule has 12 heavy (non-hydrogen) atoms. The van der Waals surface area contributed by atoms with Gasteiger partial charge in [-0.1, -0.05) is 12.2 Å². The maximum atomic E-state index is 4.35. The van der Waals surface area contributed by atoms with Crippen molar-refractivity contribution in [1.82, 2.24) is 5.32 Å². The van der Waals surface area contributed by atoms with E-state index >= 15 is 0 Å². The lowest BCUT2D eigenvalue weighted by Crippen LogP contribution is -2.43. The van der Waals surface area contributed by atoms with Gasteiger partial charge in [-0.3, -0.25) is 4.99 Å². The minimum absolute atomic E-state index is 0.0365. The molecule has 1 rings (SSSR count). The van der Waals surface area contributed by atoms with Crippen LogP contribution in [-0.2, 0) is 0 Å². The molecule has 0 spiro atoms. The van der Waals surface area contributed by atoms with Gasteiger partial charge in [0.05, 0.1) is 11.3 Å². The molecule has 1 N–H and O–H groups in total. The van der Waals surface area contributed by atoms with Gasteiger partial charge in [-0.2, -0.15) is 0 Å². The predicted molar refractivity (Wildman–Crippen MR) is 53.5 cm³/mol. The Kier molecular flexibility index (Phi) is 2.82. The summed E-state index contributed by atoms with van der Waals surface area (Å²) in [4.78, 5) is 4.35. The lowest BCUT2D eigenvalue weighted by molar-refractivity contribution is 0.566. The third-order valence-corrected chi connectivity index (χ3v) is 2.13. The summed E-state index contributed by atoms with van der Waals surface area (Å²) in [6.45, 7) is 4.24. The number of nitrogens with zero attached hydrogens (tertiary/aromatic N) is 1. The summed E-state index contributed by atoms with van der Waals surface area (Å²) in [5, 5.41) is 3.22. The van der Waals surface area contributed by atoms with Crippen LogP contribution in [-0.4, -0.2) is 18.3 Å². The van der Waals surface area contributed by atoms with E-state index in [1.165, 1.54) is 0 Å². The molecule has 66 valence electrons. The molecule has 0 fully saturated rings. The first-order valence-corrected chi connectivity index (χ1v) is 4.25. The highest BCUT2D eigenvalue weighted by Gasteiger charge is 2.19. The maximum absolute atomic E-state index is 4.35. The van der Waals surface area contributed by atoms with Crippen LogP contribution in [0.4, 0.5) is 0 Å². The van der Waals surface area contributed by atoms with Crippen LogP contribution in [0, 0.1) is 0 Å². The van der Waals surface area contributed by atoms with E-state index in [0.29, 0.717) is 0 Å². The Labute approximate surface area is 74.1 Å². The Hall–Kier alpha value is -0.890. The zero-order valence-electron chi connectivity index (χ0n) is 7.96. The van der Waals surface area contributed by atoms with Crippen LogP contribution in [0.3, 0.4) is 0 Å². The second kappa shape index (κ2) is 3.68. The number of aliphatic imine (C=N–C) groups is 1. The number of allylic oxidation sites excluding steroid dienone is 2. The first kappa shape index (κ1) is 9.20. The minimum atomic E-state index is -0.0365. The van der Waals surface area contributed by atoms with E-state index in [9.17, 15) is 0 Å². The van der Waals surface area contributed by atoms with Crippen LogP contribution >= 0.6 is 0 Å². The Morgan fingerprint density at radius 2 is 2.17 bits per heavy atom. The summed E-state index contributed by atoms with van der Waals surface area (Å²) in [5.41, 5.74) is 1.05. The van der Waals surface area contributed by atoms with Gasteiger partial charge in [-0.25, -0.2) is 0 Å². The molecule has 0 aromatic heterocycles. The van der Waals surface area contributed by atoms with Crippen molar-refractivity contribution in [3.05, 3.63) is 24.4 Å². The Balaban J connectivity index is 2.86. The number of hydrogen-bond acceptors (Lipinski definition) is 2. The number of nitrogens with one attached hydrogen (secondary N) is 1. The molecule has 0 aromatic rings. The monoisotopic (exact) mass is 164 g/mol. The molecule has 0 atom stereocenters. The summed E-state index contributed by atoms with van der Waals surface area (Å²) in [7, 11) is 1.95. The minimum Gasteiger partial charge on any atom is -0.310 e. The summed E-state index contributed by atoms with van der Waals surface area (Å²) < 4.78 is 0. The second-order valence-corrected chi connectivity index (χ2v) is 3.41. The van der Waals surface area contributed by atoms with Crippen molar-refractivity contribution < 1.29 is 0 Å². The lowest BCUT2D eigenvalue weighted by atomic mass is 9.98. The van der Waals surface area contributed by atoms with Crippen molar-refractivity contribution >= 4 is 5.71 Å². The quantitative estimate of drug-likeness (QED) is 0.662. The second-order valence-electron chi connectivity index (χ2n) is 3.41. The third-order valence-electron chi connectivity index (χ3n) is 2.13. The van der Waals surface area contributed by atoms with E-state index in [1.807, 2.05) is 13.2 Å². The van der Waals surface area contributed by atoms with Gasteiger partial charge in [0.2, 0.25) is 0 Å². The smallest absolute Gasteiger partial charge is 0.0595 e. The van der Waals surface area contributed by atoms with Gasteiger partial charge in [0.1, 0.15) is 0 Å². The van der Waals surface area contributed by atoms with Crippen LogP contribution in [0.2, 0.25) is 0 Å². The third kappa shape index (κ3) is 2.05. The average Bonchev–Trinajstić information content (AvgIpc) is 2.32. The summed E-state index contributed by atoms with van der Waals surface area (Å²) in [6.07, 6.45) is 9.11. The van der Waals surface area contributed by atoms with E-state index in [-0.39, 0.29) is 5.54 Å². The SMILES string of the molecule is CNC(C)(C)C1=NC=CCC=C1. The van der Waals surface area contributed by atoms with Gasteiger partial charge in [-0.15, -0.1) is 0 Å². The van der Waals surface area contributed by atoms with E-state index in [4.69, 9.17) is 0 Å². The van der Waals surface area contributed by atoms with Crippen molar-refractivity contribution in [3.63, 3.8) is 0 Å². The first-order chi connectivity index (χ1) is 5.67. The summed E-state index contributed by atoms with van der Waals surface area (Å²) >= 11 is 0. The molecule has 0 saturated heterocycles. The van der Waals surface area contributed by atoms with E-state index in [1.54, 1.807) is 0 Å². The number of rotatable bonds is 2. The fourth-order valence-electron chi connectivity index (χ4n) is 0.993. The average molecular weight is 164 g/mol. The van der Waals surface area contributed by atoms with Crippen molar-refractivity contribution in [1.29, 1.82) is 0 Å². The van der Waals surface area contributed by atoms with Gasteiger partial charge < -0.3 is 5.32 Å². The van der Waals surface area contributed by atoms with Crippen molar-refractivity contribution in [2.45, 2.75) is 25.8 Å². The van der Waals surface area contributed by atoms with Crippen molar-refractivity contribution in [2.24, 2.45) is 4.99 Å². The molecular formula is C10H16N2. The normalized spacial score (nSPS) is 17.4. The van der Waals surface area contributed by atoms with Gasteiger partial charge in [0.25, 0.3) is 0 Å². The van der Waals surface area contributed by atoms with Gasteiger partial charge in [0.15, 0.2) is 0 Å². The molecule has 2 heteroatoms. The van der Waals surface area contributed by atoms with Crippen LogP contribution in [0.15, 0.2) is 29.4 Å². The fraction of sp³-hybridized carbons (Fsp3) is 0.500. The van der Waals surface area contributed by atoms with Gasteiger partial charge in [0, 0.05) is 6.20 Å². The molecule has 0 aliphatic carbocycles. The topological polar surface area (TPSA) is 24.4 Å². The lowest BCUT2D eigenvalue weighted by Gasteiger charge is -2.23. The predicted octanol–water partition coefficient (Wildman–Crippen LogP) is 1.90. The molecule has 1 aliphatic heterocycles. The molecule has 0 amide bonds. The largest absolute Gasteiger partial charge is 0.310 e. The van der Waals surface area contributed by atoms with E-state index < -0.39 is 0 Å². The zero-order valence-corrected chi connectivity index (χ0v) is 7.96. The Morgan fingerprint density at radius 1 is 1.42 bits per heavy atom. The molecule has 1 heterocycles. The molecular weight excluding hydrogens is 148 g/mol. The molecule has 0 unspecified atom stereocenters. The van der Waals surface area contributed by atoms with E-state index in [2.05, 4.69) is 42.4 Å². The molecule has 2 nitrogen and oxygen atoms in total. The summed E-state index contributed by atoms with van der Waals surface area (Å²) in [5.74, 6) is 0. The Morgan fingerprint density at radius 3 is 2.83 bits per heavy atom. The van der Waals surface area contributed by atoms with Crippen LogP contribution < -0.4 is 5.32 Å². The zero-order chi connectivity index (χ0) is 9.03. The summed E-state index contributed by atoms with van der Waals surface area (Å²) in [6, 6.07) is 0. The van der Waals surface area contributed by atoms with Crippen molar-refractivity contribution in [3.8, 4) is 0 Å². The molecule has 0 radical (unpaired) electrons. The van der Waals surface area contributed by atoms with Gasteiger partial charge in [-0.05, 0) is 33.4 Å². The van der Waals surface area contributed by atoms with Crippen molar-refractivity contribution in [2.75, 3.05) is 7.05 Å². The molecule has 1 aliphatic rings. The van der Waals surface area contributed by atoms with Crippen LogP contribution in [0.5, 0.6) is 0 Å². The number of hydrogen-bond donors (Lipinski definition) is 1. The first-order valence-electron chi connectivity index (χ1n) is 4.25. The highest BCUT2D eigenvalue weighted by atomic mass is 15.0. The maximum Gasteiger partial charge on any atom is 0.0595 e. The fourth-order valence-corrected chi connectivity index (χ4v) is 0.993. The molecule has 0 saturated carbocycles. The van der Waals surface area contributed by atoms with Gasteiger partial charge >= 0.3 is 0 Å². The highest BCUT2D eigenvalue weighted by Crippen LogP contribution is 2.09. The Bertz CT molecular complexity index is 234. The highest BCUT2D eigenvalue weighted by molar-refractivity contribution is 6.02. The van der Waals surface area contributed by atoms with E-state index in [0.717, 1.165) is 12.1 Å². The van der Waals surface area contributed by atoms with Crippen LogP contribution in [0.1, 0.15) is 20.3 Å². The molecule has 0 bridgehead atoms.